The molecule has 0 saturated heterocycles. The van der Waals surface area contributed by atoms with Crippen LogP contribution in [-0.2, 0) is 0 Å². The van der Waals surface area contributed by atoms with Gasteiger partial charge in [-0.25, -0.2) is 0 Å². The second-order valence-corrected chi connectivity index (χ2v) is 7.15. The molecule has 0 aliphatic heterocycles. The maximum absolute atomic E-state index is 12.5. The Bertz CT molecular complexity index is 423. The van der Waals surface area contributed by atoms with E-state index < -0.39 is 0 Å². The summed E-state index contributed by atoms with van der Waals surface area (Å²) in [7, 11) is 0. The van der Waals surface area contributed by atoms with Crippen molar-refractivity contribution in [2.24, 2.45) is 0 Å². The molecule has 0 N–H and O–H groups in total. The van der Waals surface area contributed by atoms with Gasteiger partial charge in [0.2, 0.25) is 0 Å². The normalized spacial score (nSPS) is 10.8. The molecule has 0 aromatic heterocycles. The van der Waals surface area contributed by atoms with Gasteiger partial charge >= 0.3 is 0 Å². The molecule has 0 radical (unpaired) electrons. The third-order valence-electron chi connectivity index (χ3n) is 2.58. The summed E-state index contributed by atoms with van der Waals surface area (Å²) in [6, 6.07) is 6.05. The third kappa shape index (κ3) is 4.49. The van der Waals surface area contributed by atoms with Gasteiger partial charge in [0.05, 0.1) is 5.56 Å². The molecule has 2 nitrogen and oxygen atoms in total. The van der Waals surface area contributed by atoms with Gasteiger partial charge in [-0.15, -0.1) is 0 Å². The molecule has 0 aliphatic carbocycles. The number of halogens is 3. The van der Waals surface area contributed by atoms with Crippen molar-refractivity contribution in [1.82, 2.24) is 4.90 Å². The molecule has 1 aromatic rings. The highest BCUT2D eigenvalue weighted by atomic mass is 127. The Kier molecular flexibility index (Phi) is 7.16. The molecule has 100 valence electrons. The van der Waals surface area contributed by atoms with E-state index in [0.29, 0.717) is 0 Å². The summed E-state index contributed by atoms with van der Waals surface area (Å²) in [5.74, 6) is 0.0938. The molecule has 0 spiro atoms. The Morgan fingerprint density at radius 1 is 1.44 bits per heavy atom. The molecule has 0 fully saturated rings. The van der Waals surface area contributed by atoms with E-state index in [-0.39, 0.29) is 11.9 Å². The lowest BCUT2D eigenvalue weighted by molar-refractivity contribution is 0.0705. The standard InChI is InChI=1S/C13H16Br2INO/c1-9(2)17(7-3-6-14)13(18)11-8-10(16)4-5-12(11)15/h4-5,8-9H,3,6-7H2,1-2H3. The lowest BCUT2D eigenvalue weighted by Gasteiger charge is -2.27. The molecule has 0 bridgehead atoms. The molecular weight excluding hydrogens is 473 g/mol. The SMILES string of the molecule is CC(C)N(CCCBr)C(=O)c1cc(I)ccc1Br. The molecule has 1 aromatic carbocycles. The summed E-state index contributed by atoms with van der Waals surface area (Å²) in [6.07, 6.45) is 0.964. The van der Waals surface area contributed by atoms with Gasteiger partial charge in [0, 0.05) is 26.0 Å². The first-order valence-corrected chi connectivity index (χ1v) is 8.78. The molecular formula is C13H16Br2INO. The van der Waals surface area contributed by atoms with Crippen molar-refractivity contribution < 1.29 is 4.79 Å². The number of alkyl halides is 1. The van der Waals surface area contributed by atoms with Crippen LogP contribution in [0.4, 0.5) is 0 Å². The van der Waals surface area contributed by atoms with E-state index in [1.807, 2.05) is 36.9 Å². The zero-order chi connectivity index (χ0) is 13.7. The summed E-state index contributed by atoms with van der Waals surface area (Å²) >= 11 is 9.09. The van der Waals surface area contributed by atoms with Gasteiger partial charge in [0.25, 0.3) is 5.91 Å². The van der Waals surface area contributed by atoms with E-state index in [1.54, 1.807) is 0 Å². The second-order valence-electron chi connectivity index (χ2n) is 4.26. The van der Waals surface area contributed by atoms with Crippen LogP contribution >= 0.6 is 54.5 Å². The van der Waals surface area contributed by atoms with E-state index in [1.165, 1.54) is 0 Å². The third-order valence-corrected chi connectivity index (χ3v) is 4.50. The van der Waals surface area contributed by atoms with Crippen molar-refractivity contribution >= 4 is 60.4 Å². The number of nitrogens with zero attached hydrogens (tertiary/aromatic N) is 1. The van der Waals surface area contributed by atoms with Crippen molar-refractivity contribution in [2.45, 2.75) is 26.3 Å². The van der Waals surface area contributed by atoms with Crippen LogP contribution in [0, 0.1) is 3.57 Å². The summed E-state index contributed by atoms with van der Waals surface area (Å²) in [4.78, 5) is 14.5. The number of carbonyl (C=O) groups excluding carboxylic acids is 1. The number of hydrogen-bond donors (Lipinski definition) is 0. The van der Waals surface area contributed by atoms with Gasteiger partial charge in [0.15, 0.2) is 0 Å². The van der Waals surface area contributed by atoms with Gasteiger partial charge < -0.3 is 4.90 Å². The van der Waals surface area contributed by atoms with Crippen LogP contribution in [-0.4, -0.2) is 28.7 Å². The fraction of sp³-hybridized carbons (Fsp3) is 0.462. The molecule has 0 saturated carbocycles. The predicted molar refractivity (Wildman–Crippen MR) is 91.4 cm³/mol. The first kappa shape index (κ1) is 16.4. The highest BCUT2D eigenvalue weighted by Gasteiger charge is 2.20. The molecule has 0 atom stereocenters. The van der Waals surface area contributed by atoms with Crippen LogP contribution in [0.3, 0.4) is 0 Å². The number of hydrogen-bond acceptors (Lipinski definition) is 1. The van der Waals surface area contributed by atoms with Crippen LogP contribution in [0.2, 0.25) is 0 Å². The van der Waals surface area contributed by atoms with Crippen molar-refractivity contribution in [3.05, 3.63) is 31.8 Å². The number of carbonyl (C=O) groups is 1. The minimum Gasteiger partial charge on any atom is -0.336 e. The first-order valence-electron chi connectivity index (χ1n) is 5.79. The molecule has 5 heteroatoms. The van der Waals surface area contributed by atoms with Crippen molar-refractivity contribution in [3.8, 4) is 0 Å². The summed E-state index contributed by atoms with van der Waals surface area (Å²) in [6.45, 7) is 4.88. The fourth-order valence-electron chi connectivity index (χ4n) is 1.64. The summed E-state index contributed by atoms with van der Waals surface area (Å²) in [5, 5.41) is 0.914. The van der Waals surface area contributed by atoms with Crippen LogP contribution in [0.15, 0.2) is 22.7 Å². The Morgan fingerprint density at radius 3 is 2.67 bits per heavy atom. The van der Waals surface area contributed by atoms with E-state index in [9.17, 15) is 4.79 Å². The van der Waals surface area contributed by atoms with E-state index in [4.69, 9.17) is 0 Å². The highest BCUT2D eigenvalue weighted by Crippen LogP contribution is 2.22. The van der Waals surface area contributed by atoms with Crippen molar-refractivity contribution in [3.63, 3.8) is 0 Å². The van der Waals surface area contributed by atoms with Gasteiger partial charge in [-0.05, 0) is 77.0 Å². The fourth-order valence-corrected chi connectivity index (χ4v) is 2.80. The quantitative estimate of drug-likeness (QED) is 0.435. The van der Waals surface area contributed by atoms with E-state index in [0.717, 1.165) is 31.9 Å². The molecule has 0 aliphatic rings. The first-order chi connectivity index (χ1) is 8.47. The van der Waals surface area contributed by atoms with Gasteiger partial charge in [-0.2, -0.15) is 0 Å². The smallest absolute Gasteiger partial charge is 0.255 e. The Balaban J connectivity index is 2.98. The van der Waals surface area contributed by atoms with Gasteiger partial charge in [-0.1, -0.05) is 15.9 Å². The van der Waals surface area contributed by atoms with Gasteiger partial charge in [-0.3, -0.25) is 4.79 Å². The minimum atomic E-state index is 0.0938. The Morgan fingerprint density at radius 2 is 2.11 bits per heavy atom. The summed E-state index contributed by atoms with van der Waals surface area (Å²) in [5.41, 5.74) is 0.741. The number of rotatable bonds is 5. The molecule has 1 rings (SSSR count). The molecule has 1 amide bonds. The predicted octanol–water partition coefficient (Wildman–Crippen LogP) is 4.69. The number of benzene rings is 1. The average molecular weight is 489 g/mol. The van der Waals surface area contributed by atoms with E-state index in [2.05, 4.69) is 54.5 Å². The Labute approximate surface area is 139 Å². The highest BCUT2D eigenvalue weighted by molar-refractivity contribution is 14.1. The maximum Gasteiger partial charge on any atom is 0.255 e. The zero-order valence-electron chi connectivity index (χ0n) is 10.4. The lowest BCUT2D eigenvalue weighted by Crippen LogP contribution is -2.38. The van der Waals surface area contributed by atoms with Crippen molar-refractivity contribution in [2.75, 3.05) is 11.9 Å². The molecule has 18 heavy (non-hydrogen) atoms. The second kappa shape index (κ2) is 7.85. The minimum absolute atomic E-state index is 0.0938. The molecule has 0 heterocycles. The van der Waals surface area contributed by atoms with Crippen LogP contribution in [0.5, 0.6) is 0 Å². The zero-order valence-corrected chi connectivity index (χ0v) is 15.7. The topological polar surface area (TPSA) is 20.3 Å². The van der Waals surface area contributed by atoms with E-state index >= 15 is 0 Å². The average Bonchev–Trinajstić information content (AvgIpc) is 2.32. The largest absolute Gasteiger partial charge is 0.336 e. The Hall–Kier alpha value is 0.380. The monoisotopic (exact) mass is 487 g/mol. The van der Waals surface area contributed by atoms with Crippen molar-refractivity contribution in [1.29, 1.82) is 0 Å². The van der Waals surface area contributed by atoms with Gasteiger partial charge in [0.1, 0.15) is 0 Å². The number of amides is 1. The van der Waals surface area contributed by atoms with Crippen LogP contribution < -0.4 is 0 Å². The lowest BCUT2D eigenvalue weighted by atomic mass is 10.1. The maximum atomic E-state index is 12.5. The van der Waals surface area contributed by atoms with Crippen LogP contribution in [0.1, 0.15) is 30.6 Å². The molecule has 0 unspecified atom stereocenters. The van der Waals surface area contributed by atoms with Crippen LogP contribution in [0.25, 0.3) is 0 Å². The summed E-state index contributed by atoms with van der Waals surface area (Å²) < 4.78 is 1.93.